The minimum Gasteiger partial charge on any atom is -0.466 e. The van der Waals surface area contributed by atoms with Crippen molar-refractivity contribution in [2.24, 2.45) is 5.92 Å². The molecule has 1 atom stereocenters. The second-order valence-electron chi connectivity index (χ2n) is 10.9. The molecule has 1 amide bonds. The topological polar surface area (TPSA) is 111 Å². The van der Waals surface area contributed by atoms with Crippen LogP contribution in [0.25, 0.3) is 5.57 Å². The Hall–Kier alpha value is -3.75. The summed E-state index contributed by atoms with van der Waals surface area (Å²) in [5.74, 6) is -0.688. The number of alkyl carbamates (subject to hydrolysis) is 1. The summed E-state index contributed by atoms with van der Waals surface area (Å²) in [7, 11) is 1.33. The van der Waals surface area contributed by atoms with Gasteiger partial charge in [0.1, 0.15) is 5.60 Å². The number of anilines is 1. The maximum Gasteiger partial charge on any atom is 0.520 e. The monoisotopic (exact) mass is 526 g/mol. The molecule has 9 heteroatoms. The molecule has 2 aromatic rings. The zero-order valence-corrected chi connectivity index (χ0v) is 23.7. The number of aryl methyl sites for hydroxylation is 2. The Labute approximate surface area is 223 Å². The van der Waals surface area contributed by atoms with Crippen LogP contribution in [-0.4, -0.2) is 37.4 Å². The van der Waals surface area contributed by atoms with Crippen molar-refractivity contribution in [3.8, 4) is 0 Å². The minimum atomic E-state index is -0.838. The van der Waals surface area contributed by atoms with Crippen LogP contribution in [0.15, 0.2) is 54.7 Å². The van der Waals surface area contributed by atoms with Crippen molar-refractivity contribution in [1.29, 1.82) is 0 Å². The van der Waals surface area contributed by atoms with Gasteiger partial charge in [-0.3, -0.25) is 0 Å². The summed E-state index contributed by atoms with van der Waals surface area (Å²) in [5.41, 5.74) is 3.69. The number of esters is 1. The summed E-state index contributed by atoms with van der Waals surface area (Å²) in [6, 6.07) is 7.25. The maximum atomic E-state index is 13.3. The lowest BCUT2D eigenvalue weighted by Crippen LogP contribution is -2.43. The van der Waals surface area contributed by atoms with Gasteiger partial charge in [-0.15, -0.1) is 0 Å². The average molecular weight is 527 g/mol. The van der Waals surface area contributed by atoms with E-state index in [0.717, 1.165) is 16.8 Å². The van der Waals surface area contributed by atoms with Crippen LogP contribution in [0.1, 0.15) is 64.9 Å². The van der Waals surface area contributed by atoms with Crippen molar-refractivity contribution in [3.63, 3.8) is 0 Å². The Bertz CT molecular complexity index is 1300. The lowest BCUT2D eigenvalue weighted by molar-refractivity contribution is -0.136. The zero-order chi connectivity index (χ0) is 28.4. The highest BCUT2D eigenvalue weighted by Crippen LogP contribution is 2.43. The van der Waals surface area contributed by atoms with Crippen LogP contribution >= 0.6 is 0 Å². The number of nitrogens with one attached hydrogen (secondary N) is 1. The molecule has 0 fully saturated rings. The quantitative estimate of drug-likeness (QED) is 0.470. The molecule has 206 valence electrons. The predicted molar refractivity (Wildman–Crippen MR) is 145 cm³/mol. The Morgan fingerprint density at radius 1 is 1.11 bits per heavy atom. The zero-order valence-electron chi connectivity index (χ0n) is 23.7. The molecule has 0 saturated carbocycles. The van der Waals surface area contributed by atoms with Crippen LogP contribution in [0.3, 0.4) is 0 Å². The van der Waals surface area contributed by atoms with E-state index in [1.165, 1.54) is 7.11 Å². The summed E-state index contributed by atoms with van der Waals surface area (Å²) < 4.78 is 21.4. The molecule has 0 radical (unpaired) electrons. The number of ether oxygens (including phenoxy) is 2. The number of methoxy groups -OCH3 is 1. The van der Waals surface area contributed by atoms with Crippen molar-refractivity contribution >= 4 is 23.5 Å². The van der Waals surface area contributed by atoms with Gasteiger partial charge in [-0.25, -0.2) is 14.4 Å². The minimum absolute atomic E-state index is 0.0605. The first-order chi connectivity index (χ1) is 17.7. The Morgan fingerprint density at radius 2 is 1.74 bits per heavy atom. The Balaban J connectivity index is 2.33. The van der Waals surface area contributed by atoms with E-state index in [9.17, 15) is 14.4 Å². The molecule has 1 aromatic carbocycles. The summed E-state index contributed by atoms with van der Waals surface area (Å²) in [6.45, 7) is 15.0. The van der Waals surface area contributed by atoms with Gasteiger partial charge in [-0.1, -0.05) is 43.7 Å². The molecular formula is C29H38N2O7. The fourth-order valence-electron chi connectivity index (χ4n) is 4.59. The average Bonchev–Trinajstić information content (AvgIpc) is 3.14. The number of carbonyl (C=O) groups excluding carboxylic acids is 2. The van der Waals surface area contributed by atoms with Crippen LogP contribution in [0.5, 0.6) is 0 Å². The van der Waals surface area contributed by atoms with Gasteiger partial charge in [0, 0.05) is 17.8 Å². The highest BCUT2D eigenvalue weighted by molar-refractivity contribution is 6.05. The van der Waals surface area contributed by atoms with E-state index < -0.39 is 29.5 Å². The van der Waals surface area contributed by atoms with E-state index in [1.807, 2.05) is 38.1 Å². The van der Waals surface area contributed by atoms with Crippen molar-refractivity contribution in [3.05, 3.63) is 68.6 Å². The molecular weight excluding hydrogens is 488 g/mol. The van der Waals surface area contributed by atoms with E-state index in [-0.39, 0.29) is 24.1 Å². The summed E-state index contributed by atoms with van der Waals surface area (Å²) in [5, 5.41) is 2.86. The van der Waals surface area contributed by atoms with Gasteiger partial charge in [0.15, 0.2) is 5.76 Å². The number of amides is 1. The van der Waals surface area contributed by atoms with E-state index in [4.69, 9.17) is 18.3 Å². The molecule has 0 saturated heterocycles. The molecule has 1 aromatic heterocycles. The second kappa shape index (κ2) is 11.3. The van der Waals surface area contributed by atoms with Crippen LogP contribution in [0, 0.1) is 19.8 Å². The normalized spacial score (nSPS) is 16.3. The van der Waals surface area contributed by atoms with Gasteiger partial charge in [0.25, 0.3) is 0 Å². The standard InChI is InChI=1S/C29H38N2O7/c1-16(2)14-22-21(15-30-27(33)38-29(6,7)8)24(20-12-10-17(3)11-13-20)23(26(32)35-9)18(4)31(22)25-19(5)36-28(34)37-25/h10-13,16,18H,14-15H2,1-9H3,(H,30,33). The van der Waals surface area contributed by atoms with Crippen molar-refractivity contribution in [1.82, 2.24) is 5.32 Å². The number of carbonyl (C=O) groups is 2. The lowest BCUT2D eigenvalue weighted by atomic mass is 9.82. The number of nitrogens with zero attached hydrogens (tertiary/aromatic N) is 1. The lowest BCUT2D eigenvalue weighted by Gasteiger charge is -2.40. The molecule has 1 aliphatic heterocycles. The first-order valence-electron chi connectivity index (χ1n) is 12.7. The second-order valence-corrected chi connectivity index (χ2v) is 10.9. The summed E-state index contributed by atoms with van der Waals surface area (Å²) in [6.07, 6.45) is -0.0265. The summed E-state index contributed by atoms with van der Waals surface area (Å²) in [4.78, 5) is 39.9. The SMILES string of the molecule is COC(=O)C1=C(c2ccc(C)cc2)C(CNC(=O)OC(C)(C)C)=C(CC(C)C)N(c2oc(=O)oc2C)C1C. The molecule has 3 rings (SSSR count). The van der Waals surface area contributed by atoms with Crippen molar-refractivity contribution in [2.45, 2.75) is 73.5 Å². The third kappa shape index (κ3) is 6.38. The smallest absolute Gasteiger partial charge is 0.466 e. The molecule has 2 heterocycles. The van der Waals surface area contributed by atoms with Crippen LogP contribution < -0.4 is 16.0 Å². The fraction of sp³-hybridized carbons (Fsp3) is 0.483. The summed E-state index contributed by atoms with van der Waals surface area (Å²) >= 11 is 0. The van der Waals surface area contributed by atoms with E-state index in [0.29, 0.717) is 23.1 Å². The first-order valence-corrected chi connectivity index (χ1v) is 12.7. The number of rotatable bonds is 7. The number of allylic oxidation sites excluding steroid dienone is 1. The van der Waals surface area contributed by atoms with Crippen LogP contribution in [-0.2, 0) is 14.3 Å². The molecule has 0 bridgehead atoms. The highest BCUT2D eigenvalue weighted by atomic mass is 16.6. The molecule has 9 nitrogen and oxygen atoms in total. The van der Waals surface area contributed by atoms with Crippen molar-refractivity contribution in [2.75, 3.05) is 18.6 Å². The van der Waals surface area contributed by atoms with Gasteiger partial charge >= 0.3 is 17.9 Å². The third-order valence-electron chi connectivity index (χ3n) is 6.11. The highest BCUT2D eigenvalue weighted by Gasteiger charge is 2.40. The van der Waals surface area contributed by atoms with Gasteiger partial charge in [0.2, 0.25) is 5.88 Å². The maximum absolute atomic E-state index is 13.3. The van der Waals surface area contributed by atoms with Crippen LogP contribution in [0.4, 0.5) is 10.7 Å². The molecule has 1 N–H and O–H groups in total. The van der Waals surface area contributed by atoms with Crippen LogP contribution in [0.2, 0.25) is 0 Å². The van der Waals surface area contributed by atoms with E-state index in [1.54, 1.807) is 32.6 Å². The van der Waals surface area contributed by atoms with Crippen molar-refractivity contribution < 1.29 is 27.9 Å². The number of hydrogen-bond acceptors (Lipinski definition) is 8. The third-order valence-corrected chi connectivity index (χ3v) is 6.11. The molecule has 0 aliphatic carbocycles. The largest absolute Gasteiger partial charge is 0.520 e. The van der Waals surface area contributed by atoms with Gasteiger partial charge in [-0.05, 0) is 65.0 Å². The van der Waals surface area contributed by atoms with Gasteiger partial charge in [0.05, 0.1) is 18.7 Å². The fourth-order valence-corrected chi connectivity index (χ4v) is 4.59. The van der Waals surface area contributed by atoms with Gasteiger partial charge < -0.3 is 28.5 Å². The van der Waals surface area contributed by atoms with E-state index >= 15 is 0 Å². The first kappa shape index (κ1) is 28.8. The predicted octanol–water partition coefficient (Wildman–Crippen LogP) is 5.51. The van der Waals surface area contributed by atoms with E-state index in [2.05, 4.69) is 19.2 Å². The Morgan fingerprint density at radius 3 is 2.24 bits per heavy atom. The molecule has 1 aliphatic rings. The Kier molecular flexibility index (Phi) is 8.59. The number of hydrogen-bond donors (Lipinski definition) is 1. The number of benzene rings is 1. The van der Waals surface area contributed by atoms with Gasteiger partial charge in [-0.2, -0.15) is 0 Å². The molecule has 0 spiro atoms. The molecule has 38 heavy (non-hydrogen) atoms. The molecule has 1 unspecified atom stereocenters.